The predicted octanol–water partition coefficient (Wildman–Crippen LogP) is 4.63. The van der Waals surface area contributed by atoms with Crippen LogP contribution in [0.15, 0.2) is 45.6 Å². The van der Waals surface area contributed by atoms with Gasteiger partial charge in [0, 0.05) is 26.3 Å². The first-order chi connectivity index (χ1) is 9.61. The summed E-state index contributed by atoms with van der Waals surface area (Å²) in [7, 11) is 0. The van der Waals surface area contributed by atoms with E-state index in [0.29, 0.717) is 23.5 Å². The molecule has 0 amide bonds. The van der Waals surface area contributed by atoms with E-state index in [1.165, 1.54) is 0 Å². The van der Waals surface area contributed by atoms with Gasteiger partial charge in [0.2, 0.25) is 0 Å². The third-order valence-corrected chi connectivity index (χ3v) is 3.81. The van der Waals surface area contributed by atoms with Crippen molar-refractivity contribution in [3.05, 3.63) is 56.7 Å². The zero-order valence-electron chi connectivity index (χ0n) is 10.9. The molecule has 0 saturated carbocycles. The van der Waals surface area contributed by atoms with Gasteiger partial charge < -0.3 is 4.74 Å². The monoisotopic (exact) mass is 397 g/mol. The molecule has 0 fully saturated rings. The summed E-state index contributed by atoms with van der Waals surface area (Å²) < 4.78 is 7.11. The fraction of sp³-hybridized carbons (Fsp3) is 0.200. The van der Waals surface area contributed by atoms with Crippen molar-refractivity contribution < 1.29 is 9.53 Å². The van der Waals surface area contributed by atoms with E-state index >= 15 is 0 Å². The van der Waals surface area contributed by atoms with Crippen LogP contribution in [0.1, 0.15) is 29.3 Å². The number of carbonyl (C=O) groups excluding carboxylic acids is 1. The van der Waals surface area contributed by atoms with Crippen molar-refractivity contribution in [2.45, 2.75) is 13.3 Å². The third kappa shape index (κ3) is 3.67. The fourth-order valence-electron chi connectivity index (χ4n) is 1.67. The summed E-state index contributed by atoms with van der Waals surface area (Å²) in [4.78, 5) is 16.6. The lowest BCUT2D eigenvalue weighted by Crippen LogP contribution is -2.04. The second kappa shape index (κ2) is 6.99. The first kappa shape index (κ1) is 15.2. The SMILES string of the molecule is CCCOc1cncc(C(=O)c2cc(Br)ccc2Br)c1. The van der Waals surface area contributed by atoms with Gasteiger partial charge in [0.15, 0.2) is 5.78 Å². The fourth-order valence-corrected chi connectivity index (χ4v) is 2.46. The van der Waals surface area contributed by atoms with Crippen LogP contribution in [0.5, 0.6) is 5.75 Å². The Morgan fingerprint density at radius 3 is 2.80 bits per heavy atom. The van der Waals surface area contributed by atoms with Gasteiger partial charge in [0.25, 0.3) is 0 Å². The van der Waals surface area contributed by atoms with Crippen molar-refractivity contribution >= 4 is 37.6 Å². The largest absolute Gasteiger partial charge is 0.492 e. The first-order valence-corrected chi connectivity index (χ1v) is 7.78. The molecule has 0 saturated heterocycles. The molecule has 0 N–H and O–H groups in total. The minimum atomic E-state index is -0.0902. The van der Waals surface area contributed by atoms with E-state index in [2.05, 4.69) is 36.8 Å². The van der Waals surface area contributed by atoms with Crippen molar-refractivity contribution in [1.29, 1.82) is 0 Å². The van der Waals surface area contributed by atoms with E-state index in [0.717, 1.165) is 15.4 Å². The molecule has 0 atom stereocenters. The van der Waals surface area contributed by atoms with Gasteiger partial charge in [-0.3, -0.25) is 9.78 Å². The number of nitrogens with zero attached hydrogens (tertiary/aromatic N) is 1. The van der Waals surface area contributed by atoms with Gasteiger partial charge >= 0.3 is 0 Å². The number of ether oxygens (including phenoxy) is 1. The summed E-state index contributed by atoms with van der Waals surface area (Å²) in [6, 6.07) is 7.21. The van der Waals surface area contributed by atoms with Gasteiger partial charge in [0.1, 0.15) is 5.75 Å². The summed E-state index contributed by atoms with van der Waals surface area (Å²) in [6.07, 6.45) is 4.08. The summed E-state index contributed by atoms with van der Waals surface area (Å²) in [5.74, 6) is 0.524. The van der Waals surface area contributed by atoms with Crippen LogP contribution in [-0.2, 0) is 0 Å². The van der Waals surface area contributed by atoms with Crippen LogP contribution in [-0.4, -0.2) is 17.4 Å². The molecule has 2 aromatic rings. The summed E-state index contributed by atoms with van der Waals surface area (Å²) in [5.41, 5.74) is 1.10. The Labute approximate surface area is 134 Å². The maximum Gasteiger partial charge on any atom is 0.195 e. The standard InChI is InChI=1S/C15H13Br2NO2/c1-2-5-20-12-6-10(8-18-9-12)15(19)13-7-11(16)3-4-14(13)17/h3-4,6-9H,2,5H2,1H3. The molecule has 3 nitrogen and oxygen atoms in total. The third-order valence-electron chi connectivity index (χ3n) is 2.62. The molecule has 2 rings (SSSR count). The van der Waals surface area contributed by atoms with E-state index in [9.17, 15) is 4.79 Å². The second-order valence-corrected chi connectivity index (χ2v) is 5.98. The Morgan fingerprint density at radius 2 is 2.05 bits per heavy atom. The van der Waals surface area contributed by atoms with Crippen LogP contribution in [0, 0.1) is 0 Å². The number of halogens is 2. The number of hydrogen-bond donors (Lipinski definition) is 0. The molecule has 20 heavy (non-hydrogen) atoms. The molecule has 1 aromatic carbocycles. The molecule has 1 heterocycles. The van der Waals surface area contributed by atoms with Crippen LogP contribution < -0.4 is 4.74 Å². The van der Waals surface area contributed by atoms with E-state index in [-0.39, 0.29) is 5.78 Å². The minimum absolute atomic E-state index is 0.0902. The van der Waals surface area contributed by atoms with Crippen LogP contribution in [0.4, 0.5) is 0 Å². The van der Waals surface area contributed by atoms with Gasteiger partial charge in [-0.1, -0.05) is 38.8 Å². The Balaban J connectivity index is 2.31. The quantitative estimate of drug-likeness (QED) is 0.689. The molecule has 104 valence electrons. The molecule has 1 aromatic heterocycles. The smallest absolute Gasteiger partial charge is 0.195 e. The highest BCUT2D eigenvalue weighted by atomic mass is 79.9. The lowest BCUT2D eigenvalue weighted by molar-refractivity contribution is 0.103. The minimum Gasteiger partial charge on any atom is -0.492 e. The van der Waals surface area contributed by atoms with Crippen LogP contribution >= 0.6 is 31.9 Å². The number of hydrogen-bond acceptors (Lipinski definition) is 3. The number of rotatable bonds is 5. The van der Waals surface area contributed by atoms with Gasteiger partial charge in [-0.25, -0.2) is 0 Å². The van der Waals surface area contributed by atoms with E-state index in [4.69, 9.17) is 4.74 Å². The number of benzene rings is 1. The van der Waals surface area contributed by atoms with Crippen molar-refractivity contribution in [3.8, 4) is 5.75 Å². The summed E-state index contributed by atoms with van der Waals surface area (Å²) in [5, 5.41) is 0. The summed E-state index contributed by atoms with van der Waals surface area (Å²) >= 11 is 6.77. The number of aromatic nitrogens is 1. The molecule has 0 spiro atoms. The number of ketones is 1. The van der Waals surface area contributed by atoms with Gasteiger partial charge in [-0.05, 0) is 30.7 Å². The van der Waals surface area contributed by atoms with Gasteiger partial charge in [0.05, 0.1) is 12.8 Å². The molecule has 0 aliphatic rings. The van der Waals surface area contributed by atoms with Crippen molar-refractivity contribution in [1.82, 2.24) is 4.98 Å². The van der Waals surface area contributed by atoms with Crippen molar-refractivity contribution in [2.24, 2.45) is 0 Å². The highest BCUT2D eigenvalue weighted by Crippen LogP contribution is 2.25. The zero-order valence-corrected chi connectivity index (χ0v) is 14.1. The van der Waals surface area contributed by atoms with Gasteiger partial charge in [-0.15, -0.1) is 0 Å². The second-order valence-electron chi connectivity index (χ2n) is 4.21. The maximum atomic E-state index is 12.5. The van der Waals surface area contributed by atoms with Crippen molar-refractivity contribution in [3.63, 3.8) is 0 Å². The molecule has 0 aliphatic carbocycles. The Morgan fingerprint density at radius 1 is 1.25 bits per heavy atom. The van der Waals surface area contributed by atoms with Gasteiger partial charge in [-0.2, -0.15) is 0 Å². The average Bonchev–Trinajstić information content (AvgIpc) is 2.47. The average molecular weight is 399 g/mol. The topological polar surface area (TPSA) is 39.2 Å². The molecule has 0 bridgehead atoms. The lowest BCUT2D eigenvalue weighted by atomic mass is 10.1. The summed E-state index contributed by atoms with van der Waals surface area (Å²) in [6.45, 7) is 2.64. The molecular weight excluding hydrogens is 386 g/mol. The first-order valence-electron chi connectivity index (χ1n) is 6.19. The highest BCUT2D eigenvalue weighted by molar-refractivity contribution is 9.11. The maximum absolute atomic E-state index is 12.5. The van der Waals surface area contributed by atoms with Crippen molar-refractivity contribution in [2.75, 3.05) is 6.61 Å². The molecule has 0 unspecified atom stereocenters. The Hall–Kier alpha value is -1.20. The Kier molecular flexibility index (Phi) is 5.31. The van der Waals surface area contributed by atoms with E-state index in [1.54, 1.807) is 24.5 Å². The molecule has 0 aliphatic heterocycles. The van der Waals surface area contributed by atoms with Crippen LogP contribution in [0.25, 0.3) is 0 Å². The number of pyridine rings is 1. The predicted molar refractivity (Wildman–Crippen MR) is 85.3 cm³/mol. The van der Waals surface area contributed by atoms with E-state index < -0.39 is 0 Å². The Bertz CT molecular complexity index is 629. The van der Waals surface area contributed by atoms with E-state index in [1.807, 2.05) is 19.1 Å². The normalized spacial score (nSPS) is 10.3. The van der Waals surface area contributed by atoms with Crippen LogP contribution in [0.3, 0.4) is 0 Å². The molecule has 0 radical (unpaired) electrons. The van der Waals surface area contributed by atoms with Crippen LogP contribution in [0.2, 0.25) is 0 Å². The number of carbonyl (C=O) groups is 1. The molecular formula is C15H13Br2NO2. The lowest BCUT2D eigenvalue weighted by Gasteiger charge is -2.07. The highest BCUT2D eigenvalue weighted by Gasteiger charge is 2.14. The zero-order chi connectivity index (χ0) is 14.5. The molecule has 5 heteroatoms.